The van der Waals surface area contributed by atoms with Gasteiger partial charge in [-0.2, -0.15) is 10.4 Å². The average Bonchev–Trinajstić information content (AvgIpc) is 3.40. The molecule has 34 heavy (non-hydrogen) atoms. The molecule has 0 radical (unpaired) electrons. The van der Waals surface area contributed by atoms with Gasteiger partial charge in [0.1, 0.15) is 0 Å². The largest absolute Gasteiger partial charge is 0.398 e. The van der Waals surface area contributed by atoms with Gasteiger partial charge in [0.05, 0.1) is 23.2 Å². The van der Waals surface area contributed by atoms with Crippen LogP contribution >= 0.6 is 11.6 Å². The van der Waals surface area contributed by atoms with Crippen molar-refractivity contribution in [1.82, 2.24) is 10.1 Å². The minimum absolute atomic E-state index is 0.236. The van der Waals surface area contributed by atoms with Crippen molar-refractivity contribution in [2.75, 3.05) is 18.0 Å². The van der Waals surface area contributed by atoms with Crippen molar-refractivity contribution < 1.29 is 4.79 Å². The zero-order valence-corrected chi connectivity index (χ0v) is 20.5. The zero-order chi connectivity index (χ0) is 24.1. The van der Waals surface area contributed by atoms with Crippen LogP contribution in [0.15, 0.2) is 58.6 Å². The van der Waals surface area contributed by atoms with Crippen LogP contribution in [-0.2, 0) is 0 Å². The summed E-state index contributed by atoms with van der Waals surface area (Å²) >= 11 is 6.50. The third-order valence-corrected chi connectivity index (χ3v) is 6.02. The van der Waals surface area contributed by atoms with Crippen LogP contribution < -0.4 is 9.69 Å². The lowest BCUT2D eigenvalue weighted by Crippen LogP contribution is -2.31. The molecule has 0 saturated carbocycles. The predicted molar refractivity (Wildman–Crippen MR) is 136 cm³/mol. The molecular weight excluding hydrogens is 446 g/mol. The van der Waals surface area contributed by atoms with Crippen LogP contribution in [0.2, 0.25) is 5.02 Å². The molecule has 2 heterocycles. The molecule has 1 N–H and O–H groups in total. The number of nitrogens with one attached hydrogen (secondary N) is 1. The second-order valence-corrected chi connectivity index (χ2v) is 8.96. The number of aliphatic imine (C=N–C) groups is 1. The Kier molecular flexibility index (Phi) is 7.39. The second-order valence-electron chi connectivity index (χ2n) is 8.55. The molecule has 0 bridgehead atoms. The summed E-state index contributed by atoms with van der Waals surface area (Å²) in [7, 11) is 0. The van der Waals surface area contributed by atoms with Gasteiger partial charge in [0.2, 0.25) is 0 Å². The predicted octanol–water partition coefficient (Wildman–Crippen LogP) is 5.38. The lowest BCUT2D eigenvalue weighted by atomic mass is 10.1. The molecule has 1 aromatic heterocycles. The third kappa shape index (κ3) is 5.02. The van der Waals surface area contributed by atoms with E-state index in [2.05, 4.69) is 49.0 Å². The maximum Gasteiger partial charge on any atom is 0.398 e. The van der Waals surface area contributed by atoms with Gasteiger partial charge in [-0.1, -0.05) is 62.1 Å². The fourth-order valence-electron chi connectivity index (χ4n) is 3.79. The van der Waals surface area contributed by atoms with E-state index in [9.17, 15) is 0 Å². The van der Waals surface area contributed by atoms with Gasteiger partial charge in [-0.15, -0.1) is 0 Å². The fourth-order valence-corrected chi connectivity index (χ4v) is 4.02. The number of H-pyrrole nitrogens is 1. The highest BCUT2D eigenvalue weighted by Crippen LogP contribution is 2.25. The number of hydrogen-bond donors (Lipinski definition) is 1. The van der Waals surface area contributed by atoms with Crippen LogP contribution in [0.1, 0.15) is 63.2 Å². The van der Waals surface area contributed by atoms with Crippen molar-refractivity contribution >= 4 is 34.4 Å². The van der Waals surface area contributed by atoms with E-state index in [-0.39, 0.29) is 5.92 Å². The van der Waals surface area contributed by atoms with Crippen molar-refractivity contribution in [3.63, 3.8) is 0 Å². The molecule has 4 rings (SSSR count). The minimum atomic E-state index is 0.236. The van der Waals surface area contributed by atoms with Crippen LogP contribution in [0.3, 0.4) is 0 Å². The molecule has 0 amide bonds. The third-order valence-electron chi connectivity index (χ3n) is 5.69. The first-order valence-corrected chi connectivity index (χ1v) is 12.1. The quantitative estimate of drug-likeness (QED) is 0.422. The number of anilines is 1. The van der Waals surface area contributed by atoms with Crippen molar-refractivity contribution in [1.29, 1.82) is 5.26 Å². The SMILES string of the molecule is CCCCN(CCC#N)c1ccc(N=C2C(c3ccccc3Cl)=N[n+]3[nH]c(C(C)C)nc32)cc1. The molecule has 0 spiro atoms. The molecule has 0 aliphatic carbocycles. The highest BCUT2D eigenvalue weighted by Gasteiger charge is 2.38. The molecule has 0 saturated heterocycles. The van der Waals surface area contributed by atoms with Gasteiger partial charge in [-0.05, 0) is 46.5 Å². The number of aromatic nitrogens is 3. The summed E-state index contributed by atoms with van der Waals surface area (Å²) in [6, 6.07) is 18.0. The topological polar surface area (TPSA) is 84.3 Å². The summed E-state index contributed by atoms with van der Waals surface area (Å²) in [4.78, 5) is 13.6. The molecule has 0 atom stereocenters. The van der Waals surface area contributed by atoms with E-state index < -0.39 is 0 Å². The smallest absolute Gasteiger partial charge is 0.371 e. The number of unbranched alkanes of at least 4 members (excludes halogenated alkanes) is 1. The molecular formula is C26H29ClN7+. The minimum Gasteiger partial charge on any atom is -0.371 e. The van der Waals surface area contributed by atoms with Crippen molar-refractivity contribution in [2.45, 2.75) is 46.0 Å². The van der Waals surface area contributed by atoms with Crippen LogP contribution in [0.25, 0.3) is 0 Å². The molecule has 0 fully saturated rings. The lowest BCUT2D eigenvalue weighted by molar-refractivity contribution is -0.733. The summed E-state index contributed by atoms with van der Waals surface area (Å²) in [5, 5.41) is 17.6. The summed E-state index contributed by atoms with van der Waals surface area (Å²) in [6.45, 7) is 7.99. The van der Waals surface area contributed by atoms with E-state index in [0.717, 1.165) is 48.7 Å². The molecule has 8 heteroatoms. The van der Waals surface area contributed by atoms with E-state index in [0.29, 0.717) is 28.7 Å². The number of rotatable bonds is 9. The summed E-state index contributed by atoms with van der Waals surface area (Å²) in [5.41, 5.74) is 4.07. The van der Waals surface area contributed by atoms with E-state index in [1.54, 1.807) is 4.79 Å². The average molecular weight is 475 g/mol. The highest BCUT2D eigenvalue weighted by atomic mass is 35.5. The first-order valence-electron chi connectivity index (χ1n) is 11.7. The van der Waals surface area contributed by atoms with E-state index >= 15 is 0 Å². The van der Waals surface area contributed by atoms with Gasteiger partial charge in [-0.25, -0.2) is 4.99 Å². The molecule has 7 nitrogen and oxygen atoms in total. The summed E-state index contributed by atoms with van der Waals surface area (Å²) < 4.78 is 0. The number of fused-ring (bicyclic) bond motifs is 1. The Hall–Kier alpha value is -3.50. The Labute approximate surface area is 205 Å². The molecule has 1 aliphatic heterocycles. The molecule has 2 aromatic carbocycles. The Morgan fingerprint density at radius 3 is 2.59 bits per heavy atom. The number of hydrogen-bond acceptors (Lipinski definition) is 5. The number of nitriles is 1. The fraction of sp³-hybridized carbons (Fsp3) is 0.346. The molecule has 174 valence electrons. The summed E-state index contributed by atoms with van der Waals surface area (Å²) in [5.74, 6) is 1.76. The number of nitrogens with zero attached hydrogens (tertiary/aromatic N) is 6. The Balaban J connectivity index is 1.70. The van der Waals surface area contributed by atoms with Gasteiger partial charge >= 0.3 is 5.82 Å². The molecule has 0 unspecified atom stereocenters. The second kappa shape index (κ2) is 10.6. The first kappa shape index (κ1) is 23.7. The maximum absolute atomic E-state index is 9.02. The maximum atomic E-state index is 9.02. The lowest BCUT2D eigenvalue weighted by Gasteiger charge is -2.23. The molecule has 1 aliphatic rings. The summed E-state index contributed by atoms with van der Waals surface area (Å²) in [6.07, 6.45) is 2.70. The van der Waals surface area contributed by atoms with E-state index in [4.69, 9.17) is 31.9 Å². The van der Waals surface area contributed by atoms with Gasteiger partial charge in [-0.3, -0.25) is 0 Å². The Morgan fingerprint density at radius 1 is 1.15 bits per heavy atom. The standard InChI is InChI=1S/C26H28ClN7/c1-4-5-16-33(17-8-15-28)20-13-11-19(12-14-20)29-24-23(21-9-6-7-10-22(21)27)31-34-26(24)30-25(32-34)18(2)3/h6-7,9-14,18H,4-5,8,16-17H2,1-3H3/p+1. The van der Waals surface area contributed by atoms with Gasteiger partial charge < -0.3 is 4.90 Å². The van der Waals surface area contributed by atoms with Gasteiger partial charge in [0.15, 0.2) is 11.4 Å². The van der Waals surface area contributed by atoms with E-state index in [1.807, 2.05) is 36.4 Å². The normalized spacial score (nSPS) is 13.8. The van der Waals surface area contributed by atoms with Crippen LogP contribution in [-0.4, -0.2) is 34.6 Å². The zero-order valence-electron chi connectivity index (χ0n) is 19.8. The van der Waals surface area contributed by atoms with Crippen molar-refractivity contribution in [2.24, 2.45) is 10.1 Å². The Morgan fingerprint density at radius 2 is 1.91 bits per heavy atom. The Bertz CT molecular complexity index is 1250. The highest BCUT2D eigenvalue weighted by molar-refractivity contribution is 6.55. The molecule has 3 aromatic rings. The first-order chi connectivity index (χ1) is 16.5. The monoisotopic (exact) mass is 474 g/mol. The van der Waals surface area contributed by atoms with Gasteiger partial charge in [0, 0.05) is 30.3 Å². The number of halogens is 1. The van der Waals surface area contributed by atoms with Crippen LogP contribution in [0.4, 0.5) is 11.4 Å². The van der Waals surface area contributed by atoms with Crippen LogP contribution in [0, 0.1) is 11.3 Å². The number of aromatic amines is 1. The van der Waals surface area contributed by atoms with Crippen molar-refractivity contribution in [3.05, 3.63) is 70.8 Å². The van der Waals surface area contributed by atoms with Crippen LogP contribution in [0.5, 0.6) is 0 Å². The van der Waals surface area contributed by atoms with Crippen molar-refractivity contribution in [3.8, 4) is 6.07 Å². The van der Waals surface area contributed by atoms with Gasteiger partial charge in [0.25, 0.3) is 5.82 Å². The van der Waals surface area contributed by atoms with E-state index in [1.165, 1.54) is 0 Å². The number of benzene rings is 2.